The van der Waals surface area contributed by atoms with Gasteiger partial charge in [0.05, 0.1) is 7.11 Å². The zero-order valence-electron chi connectivity index (χ0n) is 11.1. The quantitative estimate of drug-likeness (QED) is 0.764. The lowest BCUT2D eigenvalue weighted by molar-refractivity contribution is 0.214. The fraction of sp³-hybridized carbons (Fsp3) is 0.333. The molecule has 7 heteroatoms. The van der Waals surface area contributed by atoms with E-state index in [9.17, 15) is 4.79 Å². The number of aromatic nitrogens is 4. The normalized spacial score (nSPS) is 10.3. The second kappa shape index (κ2) is 5.47. The molecule has 0 bridgehead atoms. The van der Waals surface area contributed by atoms with Gasteiger partial charge in [-0.2, -0.15) is 0 Å². The van der Waals surface area contributed by atoms with Gasteiger partial charge in [0.1, 0.15) is 5.75 Å². The molecule has 0 saturated carbocycles. The first-order valence-electron chi connectivity index (χ1n) is 5.73. The molecule has 0 N–H and O–H groups in total. The highest BCUT2D eigenvalue weighted by molar-refractivity contribution is 5.75. The molecule has 1 heterocycles. The highest BCUT2D eigenvalue weighted by Crippen LogP contribution is 2.13. The van der Waals surface area contributed by atoms with Crippen LogP contribution in [0, 0.1) is 0 Å². The molecular formula is C12H15N5O2. The first-order valence-corrected chi connectivity index (χ1v) is 5.73. The summed E-state index contributed by atoms with van der Waals surface area (Å²) in [5.41, 5.74) is 1.00. The molecule has 0 saturated heterocycles. The third-order valence-electron chi connectivity index (χ3n) is 2.62. The van der Waals surface area contributed by atoms with E-state index in [1.165, 1.54) is 9.58 Å². The van der Waals surface area contributed by atoms with E-state index in [1.807, 2.05) is 24.3 Å². The number of carbonyl (C=O) groups excluding carboxylic acids is 1. The molecule has 7 nitrogen and oxygen atoms in total. The average Bonchev–Trinajstić information content (AvgIpc) is 2.86. The van der Waals surface area contributed by atoms with Crippen LogP contribution in [0.4, 0.5) is 4.79 Å². The summed E-state index contributed by atoms with van der Waals surface area (Å²) in [6, 6.07) is 7.28. The van der Waals surface area contributed by atoms with Crippen LogP contribution < -0.4 is 4.74 Å². The number of ether oxygens (including phenoxy) is 1. The lowest BCUT2D eigenvalue weighted by atomic mass is 10.1. The van der Waals surface area contributed by atoms with Crippen molar-refractivity contribution in [3.8, 4) is 5.75 Å². The Hall–Kier alpha value is -2.44. The van der Waals surface area contributed by atoms with E-state index in [0.29, 0.717) is 12.2 Å². The van der Waals surface area contributed by atoms with Crippen molar-refractivity contribution in [3.05, 3.63) is 35.7 Å². The summed E-state index contributed by atoms with van der Waals surface area (Å²) in [4.78, 5) is 13.3. The molecule has 0 aliphatic heterocycles. The number of methoxy groups -OCH3 is 1. The van der Waals surface area contributed by atoms with Crippen LogP contribution in [-0.4, -0.2) is 52.3 Å². The van der Waals surface area contributed by atoms with Crippen molar-refractivity contribution < 1.29 is 9.53 Å². The largest absolute Gasteiger partial charge is 0.497 e. The van der Waals surface area contributed by atoms with Gasteiger partial charge in [0, 0.05) is 20.5 Å². The molecule has 0 atom stereocenters. The van der Waals surface area contributed by atoms with Gasteiger partial charge in [0.25, 0.3) is 0 Å². The lowest BCUT2D eigenvalue weighted by Crippen LogP contribution is -2.29. The Morgan fingerprint density at radius 2 is 2.00 bits per heavy atom. The van der Waals surface area contributed by atoms with Gasteiger partial charge in [0.2, 0.25) is 0 Å². The van der Waals surface area contributed by atoms with Crippen LogP contribution in [0.2, 0.25) is 0 Å². The fourth-order valence-electron chi connectivity index (χ4n) is 1.58. The number of hydrogen-bond acceptors (Lipinski definition) is 5. The van der Waals surface area contributed by atoms with E-state index < -0.39 is 0 Å². The Bertz CT molecular complexity index is 562. The van der Waals surface area contributed by atoms with E-state index in [-0.39, 0.29) is 6.03 Å². The summed E-state index contributed by atoms with van der Waals surface area (Å²) in [6.45, 7) is 0. The molecule has 1 amide bonds. The number of amides is 1. The van der Waals surface area contributed by atoms with Gasteiger partial charge in [0.15, 0.2) is 5.82 Å². The molecule has 0 aliphatic carbocycles. The zero-order chi connectivity index (χ0) is 13.8. The fourth-order valence-corrected chi connectivity index (χ4v) is 1.58. The summed E-state index contributed by atoms with van der Waals surface area (Å²) >= 11 is 0. The monoisotopic (exact) mass is 261 g/mol. The van der Waals surface area contributed by atoms with Gasteiger partial charge < -0.3 is 9.64 Å². The summed E-state index contributed by atoms with van der Waals surface area (Å²) < 4.78 is 6.29. The standard InChI is InChI=1S/C12H15N5O2/c1-16(2)12(18)17-11(13-14-15-17)8-9-4-6-10(19-3)7-5-9/h4-7H,8H2,1-3H3. The highest BCUT2D eigenvalue weighted by Gasteiger charge is 2.15. The van der Waals surface area contributed by atoms with E-state index in [2.05, 4.69) is 15.5 Å². The van der Waals surface area contributed by atoms with Crippen molar-refractivity contribution >= 4 is 6.03 Å². The average molecular weight is 261 g/mol. The predicted molar refractivity (Wildman–Crippen MR) is 68.1 cm³/mol. The second-order valence-electron chi connectivity index (χ2n) is 4.21. The summed E-state index contributed by atoms with van der Waals surface area (Å²) in [7, 11) is 4.92. The molecule has 100 valence electrons. The van der Waals surface area contributed by atoms with Gasteiger partial charge in [-0.3, -0.25) is 0 Å². The minimum Gasteiger partial charge on any atom is -0.497 e. The minimum atomic E-state index is -0.270. The van der Waals surface area contributed by atoms with Crippen molar-refractivity contribution in [3.63, 3.8) is 0 Å². The van der Waals surface area contributed by atoms with Gasteiger partial charge in [-0.1, -0.05) is 12.1 Å². The van der Waals surface area contributed by atoms with E-state index in [1.54, 1.807) is 21.2 Å². The van der Waals surface area contributed by atoms with E-state index >= 15 is 0 Å². The van der Waals surface area contributed by atoms with Crippen molar-refractivity contribution in [1.29, 1.82) is 0 Å². The van der Waals surface area contributed by atoms with E-state index in [4.69, 9.17) is 4.74 Å². The Kier molecular flexibility index (Phi) is 3.74. The number of rotatable bonds is 3. The van der Waals surface area contributed by atoms with Crippen LogP contribution in [-0.2, 0) is 6.42 Å². The second-order valence-corrected chi connectivity index (χ2v) is 4.21. The van der Waals surface area contributed by atoms with Crippen molar-refractivity contribution in [1.82, 2.24) is 25.1 Å². The molecule has 1 aromatic heterocycles. The van der Waals surface area contributed by atoms with Crippen LogP contribution >= 0.6 is 0 Å². The maximum Gasteiger partial charge on any atom is 0.347 e. The molecule has 19 heavy (non-hydrogen) atoms. The molecule has 0 spiro atoms. The summed E-state index contributed by atoms with van der Waals surface area (Å²) in [5, 5.41) is 11.1. The first-order chi connectivity index (χ1) is 9.11. The van der Waals surface area contributed by atoms with Gasteiger partial charge in [-0.05, 0) is 28.1 Å². The topological polar surface area (TPSA) is 73.1 Å². The highest BCUT2D eigenvalue weighted by atomic mass is 16.5. The number of nitrogens with zero attached hydrogens (tertiary/aromatic N) is 5. The molecule has 1 aromatic carbocycles. The molecule has 2 rings (SSSR count). The molecule has 0 fully saturated rings. The van der Waals surface area contributed by atoms with Crippen molar-refractivity contribution in [2.24, 2.45) is 0 Å². The first kappa shape index (κ1) is 13.0. The van der Waals surface area contributed by atoms with Crippen LogP contribution in [0.1, 0.15) is 11.4 Å². The van der Waals surface area contributed by atoms with Gasteiger partial charge >= 0.3 is 6.03 Å². The third-order valence-corrected chi connectivity index (χ3v) is 2.62. The SMILES string of the molecule is COc1ccc(Cc2nnnn2C(=O)N(C)C)cc1. The molecule has 0 aliphatic rings. The van der Waals surface area contributed by atoms with Gasteiger partial charge in [-0.25, -0.2) is 4.79 Å². The Labute approximate surface area is 110 Å². The van der Waals surface area contributed by atoms with Gasteiger partial charge in [-0.15, -0.1) is 9.78 Å². The van der Waals surface area contributed by atoms with Crippen LogP contribution in [0.5, 0.6) is 5.75 Å². The third kappa shape index (κ3) is 2.87. The Balaban J connectivity index is 2.19. The summed E-state index contributed by atoms with van der Waals surface area (Å²) in [5.74, 6) is 1.29. The molecular weight excluding hydrogens is 246 g/mol. The number of tetrazole rings is 1. The predicted octanol–water partition coefficient (Wildman–Crippen LogP) is 0.802. The summed E-state index contributed by atoms with van der Waals surface area (Å²) in [6.07, 6.45) is 0.483. The van der Waals surface area contributed by atoms with Crippen LogP contribution in [0.15, 0.2) is 24.3 Å². The van der Waals surface area contributed by atoms with Crippen LogP contribution in [0.3, 0.4) is 0 Å². The number of carbonyl (C=O) groups is 1. The zero-order valence-corrected chi connectivity index (χ0v) is 11.1. The Morgan fingerprint density at radius 3 is 2.58 bits per heavy atom. The molecule has 0 radical (unpaired) electrons. The van der Waals surface area contributed by atoms with Crippen molar-refractivity contribution in [2.75, 3.05) is 21.2 Å². The number of benzene rings is 1. The maximum absolute atomic E-state index is 11.8. The number of hydrogen-bond donors (Lipinski definition) is 0. The van der Waals surface area contributed by atoms with Crippen molar-refractivity contribution in [2.45, 2.75) is 6.42 Å². The van der Waals surface area contributed by atoms with E-state index in [0.717, 1.165) is 11.3 Å². The lowest BCUT2D eigenvalue weighted by Gasteiger charge is -2.10. The smallest absolute Gasteiger partial charge is 0.347 e. The Morgan fingerprint density at radius 1 is 1.32 bits per heavy atom. The maximum atomic E-state index is 11.8. The molecule has 2 aromatic rings. The van der Waals surface area contributed by atoms with Crippen LogP contribution in [0.25, 0.3) is 0 Å². The minimum absolute atomic E-state index is 0.270. The molecule has 0 unspecified atom stereocenters.